The van der Waals surface area contributed by atoms with Gasteiger partial charge in [0.05, 0.1) is 0 Å². The van der Waals surface area contributed by atoms with Crippen LogP contribution in [0, 0.1) is 0 Å². The van der Waals surface area contributed by atoms with Gasteiger partial charge in [0.2, 0.25) is 0 Å². The topological polar surface area (TPSA) is 0 Å². The molecule has 0 bridgehead atoms. The van der Waals surface area contributed by atoms with Gasteiger partial charge in [0.25, 0.3) is 0 Å². The standard InChI is InChI=1S/C19H24S/c1-20(17-11-5-2-6-12-17,18-13-7-3-8-14-18)19-15-9-4-10-16-19/h2-7,9,11-13,19H,8,10,14-16H2,1H3. The molecule has 0 N–H and O–H groups in total. The van der Waals surface area contributed by atoms with E-state index in [2.05, 4.69) is 67.0 Å². The molecule has 0 saturated carbocycles. The van der Waals surface area contributed by atoms with E-state index in [1.165, 1.54) is 32.1 Å². The number of allylic oxidation sites excluding steroid dienone is 6. The van der Waals surface area contributed by atoms with Crippen LogP contribution in [-0.4, -0.2) is 11.5 Å². The first kappa shape index (κ1) is 13.8. The minimum Gasteiger partial charge on any atom is -0.191 e. The Labute approximate surface area is 124 Å². The van der Waals surface area contributed by atoms with E-state index in [9.17, 15) is 0 Å². The van der Waals surface area contributed by atoms with Crippen LogP contribution in [0.1, 0.15) is 32.1 Å². The summed E-state index contributed by atoms with van der Waals surface area (Å²) < 4.78 is 0. The Morgan fingerprint density at radius 2 is 1.85 bits per heavy atom. The second kappa shape index (κ2) is 6.05. The first-order chi connectivity index (χ1) is 9.82. The van der Waals surface area contributed by atoms with Gasteiger partial charge in [-0.1, -0.05) is 48.6 Å². The van der Waals surface area contributed by atoms with Crippen LogP contribution in [0.5, 0.6) is 0 Å². The largest absolute Gasteiger partial charge is 0.191 e. The van der Waals surface area contributed by atoms with E-state index in [-0.39, 0.29) is 0 Å². The molecule has 1 aromatic rings. The van der Waals surface area contributed by atoms with E-state index in [4.69, 9.17) is 0 Å². The SMILES string of the molecule is CS(C1=CC=CCC1)(c1ccccc1)C1CC=CCC1. The average Bonchev–Trinajstić information content (AvgIpc) is 2.56. The van der Waals surface area contributed by atoms with Crippen molar-refractivity contribution in [3.63, 3.8) is 0 Å². The lowest BCUT2D eigenvalue weighted by molar-refractivity contribution is 0.738. The van der Waals surface area contributed by atoms with Gasteiger partial charge < -0.3 is 0 Å². The summed E-state index contributed by atoms with van der Waals surface area (Å²) >= 11 is 0. The highest BCUT2D eigenvalue weighted by Gasteiger charge is 2.33. The maximum Gasteiger partial charge on any atom is -0.000139 e. The zero-order chi connectivity index (χ0) is 13.8. The van der Waals surface area contributed by atoms with Gasteiger partial charge >= 0.3 is 0 Å². The highest BCUT2D eigenvalue weighted by atomic mass is 32.3. The van der Waals surface area contributed by atoms with Gasteiger partial charge in [-0.2, -0.15) is 10.0 Å². The molecule has 106 valence electrons. The molecule has 0 spiro atoms. The smallest absolute Gasteiger partial charge is 0.000139 e. The molecule has 2 aliphatic carbocycles. The zero-order valence-electron chi connectivity index (χ0n) is 12.3. The fraction of sp³-hybridized carbons (Fsp3) is 0.368. The van der Waals surface area contributed by atoms with Gasteiger partial charge in [-0.15, -0.1) is 0 Å². The van der Waals surface area contributed by atoms with E-state index < -0.39 is 10.0 Å². The van der Waals surface area contributed by atoms with Crippen molar-refractivity contribution in [1.29, 1.82) is 0 Å². The van der Waals surface area contributed by atoms with Crippen molar-refractivity contribution in [2.45, 2.75) is 42.2 Å². The first-order valence-electron chi connectivity index (χ1n) is 7.65. The van der Waals surface area contributed by atoms with Crippen LogP contribution in [0.3, 0.4) is 0 Å². The molecular weight excluding hydrogens is 260 g/mol. The molecule has 1 aromatic carbocycles. The normalized spacial score (nSPS) is 26.6. The summed E-state index contributed by atoms with van der Waals surface area (Å²) in [5.74, 6) is 0. The lowest BCUT2D eigenvalue weighted by Gasteiger charge is -2.47. The maximum atomic E-state index is 2.55. The molecule has 0 radical (unpaired) electrons. The Kier molecular flexibility index (Phi) is 4.16. The van der Waals surface area contributed by atoms with Crippen LogP contribution in [0.2, 0.25) is 0 Å². The molecule has 0 fully saturated rings. The highest BCUT2D eigenvalue weighted by molar-refractivity contribution is 8.36. The molecule has 20 heavy (non-hydrogen) atoms. The van der Waals surface area contributed by atoms with Crippen molar-refractivity contribution in [2.75, 3.05) is 6.26 Å². The molecule has 0 amide bonds. The third kappa shape index (κ3) is 2.52. The fourth-order valence-electron chi connectivity index (χ4n) is 3.39. The predicted octanol–water partition coefficient (Wildman–Crippen LogP) is 5.82. The van der Waals surface area contributed by atoms with Crippen molar-refractivity contribution >= 4 is 10.0 Å². The second-order valence-electron chi connectivity index (χ2n) is 5.80. The lowest BCUT2D eigenvalue weighted by Crippen LogP contribution is -2.21. The lowest BCUT2D eigenvalue weighted by atomic mass is 10.1. The summed E-state index contributed by atoms with van der Waals surface area (Å²) in [7, 11) is -0.863. The molecule has 2 atom stereocenters. The Morgan fingerprint density at radius 1 is 1.00 bits per heavy atom. The number of benzene rings is 1. The Hall–Kier alpha value is -1.21. The van der Waals surface area contributed by atoms with E-state index >= 15 is 0 Å². The van der Waals surface area contributed by atoms with Crippen molar-refractivity contribution in [3.05, 3.63) is 65.6 Å². The predicted molar refractivity (Wildman–Crippen MR) is 91.5 cm³/mol. The van der Waals surface area contributed by atoms with E-state index in [1.54, 1.807) is 9.80 Å². The average molecular weight is 284 g/mol. The third-order valence-electron chi connectivity index (χ3n) is 4.64. The highest BCUT2D eigenvalue weighted by Crippen LogP contribution is 2.66. The molecule has 2 aliphatic rings. The minimum absolute atomic E-state index is 0.813. The van der Waals surface area contributed by atoms with Crippen molar-refractivity contribution < 1.29 is 0 Å². The summed E-state index contributed by atoms with van der Waals surface area (Å²) in [5.41, 5.74) is 0. The van der Waals surface area contributed by atoms with Gasteiger partial charge in [0, 0.05) is 0 Å². The molecule has 3 rings (SSSR count). The number of hydrogen-bond donors (Lipinski definition) is 0. The number of rotatable bonds is 3. The third-order valence-corrected chi connectivity index (χ3v) is 9.08. The van der Waals surface area contributed by atoms with Gasteiger partial charge in [-0.3, -0.25) is 0 Å². The van der Waals surface area contributed by atoms with Crippen LogP contribution in [-0.2, 0) is 0 Å². The van der Waals surface area contributed by atoms with Crippen LogP contribution in [0.15, 0.2) is 70.5 Å². The Balaban J connectivity index is 2.04. The zero-order valence-corrected chi connectivity index (χ0v) is 13.1. The molecular formula is C19H24S. The fourth-order valence-corrected chi connectivity index (χ4v) is 7.23. The Bertz CT molecular complexity index is 538. The second-order valence-corrected chi connectivity index (χ2v) is 9.43. The van der Waals surface area contributed by atoms with Crippen molar-refractivity contribution in [1.82, 2.24) is 0 Å². The number of hydrogen-bond acceptors (Lipinski definition) is 0. The van der Waals surface area contributed by atoms with Crippen molar-refractivity contribution in [2.24, 2.45) is 0 Å². The van der Waals surface area contributed by atoms with Crippen LogP contribution < -0.4 is 0 Å². The van der Waals surface area contributed by atoms with E-state index in [1.807, 2.05) is 0 Å². The molecule has 0 heterocycles. The summed E-state index contributed by atoms with van der Waals surface area (Å²) in [6, 6.07) is 11.3. The Morgan fingerprint density at radius 3 is 2.50 bits per heavy atom. The molecule has 0 saturated heterocycles. The quantitative estimate of drug-likeness (QED) is 0.613. The van der Waals surface area contributed by atoms with Crippen LogP contribution in [0.25, 0.3) is 0 Å². The van der Waals surface area contributed by atoms with Crippen LogP contribution in [0.4, 0.5) is 0 Å². The van der Waals surface area contributed by atoms with Gasteiger partial charge in [0.15, 0.2) is 0 Å². The molecule has 0 aliphatic heterocycles. The first-order valence-corrected chi connectivity index (χ1v) is 9.75. The van der Waals surface area contributed by atoms with Crippen molar-refractivity contribution in [3.8, 4) is 0 Å². The molecule has 0 nitrogen and oxygen atoms in total. The molecule has 0 aromatic heterocycles. The maximum absolute atomic E-state index is 2.55. The van der Waals surface area contributed by atoms with Gasteiger partial charge in [-0.05, 0) is 65.5 Å². The summed E-state index contributed by atoms with van der Waals surface area (Å²) in [5, 5.41) is 0.813. The molecule has 1 heteroatoms. The van der Waals surface area contributed by atoms with Crippen LogP contribution >= 0.6 is 10.0 Å². The molecule has 2 unspecified atom stereocenters. The monoisotopic (exact) mass is 284 g/mol. The van der Waals surface area contributed by atoms with E-state index in [0.717, 1.165) is 5.25 Å². The van der Waals surface area contributed by atoms with Gasteiger partial charge in [0.1, 0.15) is 0 Å². The van der Waals surface area contributed by atoms with Gasteiger partial charge in [-0.25, -0.2) is 0 Å². The summed E-state index contributed by atoms with van der Waals surface area (Å²) in [6.45, 7) is 0. The summed E-state index contributed by atoms with van der Waals surface area (Å²) in [6.07, 6.45) is 20.6. The van der Waals surface area contributed by atoms with E-state index in [0.29, 0.717) is 0 Å². The summed E-state index contributed by atoms with van der Waals surface area (Å²) in [4.78, 5) is 3.27. The minimum atomic E-state index is -0.863.